The summed E-state index contributed by atoms with van der Waals surface area (Å²) in [5.41, 5.74) is 2.63. The zero-order valence-electron chi connectivity index (χ0n) is 14.0. The molecule has 0 atom stereocenters. The van der Waals surface area contributed by atoms with E-state index in [0.717, 1.165) is 24.3 Å². The summed E-state index contributed by atoms with van der Waals surface area (Å²) in [6.45, 7) is 3.06. The second-order valence-corrected chi connectivity index (χ2v) is 5.74. The zero-order valence-corrected chi connectivity index (χ0v) is 14.0. The second-order valence-electron chi connectivity index (χ2n) is 5.74. The number of amides is 1. The van der Waals surface area contributed by atoms with E-state index in [1.807, 2.05) is 12.1 Å². The second kappa shape index (κ2) is 7.43. The highest BCUT2D eigenvalue weighted by molar-refractivity contribution is 6.01. The third-order valence-electron chi connectivity index (χ3n) is 4.28. The van der Waals surface area contributed by atoms with Gasteiger partial charge in [0, 0.05) is 36.4 Å². The number of ether oxygens (including phenoxy) is 2. The van der Waals surface area contributed by atoms with E-state index in [4.69, 9.17) is 4.74 Å². The van der Waals surface area contributed by atoms with E-state index in [-0.39, 0.29) is 18.0 Å². The standard InChI is InChI=1S/C17H21N3O5/c1-24-14(21)10-19-17(23)15-16(22)11-3-2-4-13(12(11)9-18-15)20-5-7-25-8-6-20/h2-4,18,22H,5-10H2,1H3,(H,19,23). The van der Waals surface area contributed by atoms with Crippen molar-refractivity contribution in [1.29, 1.82) is 0 Å². The van der Waals surface area contributed by atoms with E-state index >= 15 is 0 Å². The van der Waals surface area contributed by atoms with Crippen LogP contribution in [0.3, 0.4) is 0 Å². The fraction of sp³-hybridized carbons (Fsp3) is 0.412. The minimum absolute atomic E-state index is 0.0514. The van der Waals surface area contributed by atoms with Crippen LogP contribution in [0.1, 0.15) is 11.1 Å². The molecule has 1 aromatic carbocycles. The minimum Gasteiger partial charge on any atom is -0.505 e. The summed E-state index contributed by atoms with van der Waals surface area (Å²) in [4.78, 5) is 25.6. The van der Waals surface area contributed by atoms with E-state index in [2.05, 4.69) is 20.3 Å². The molecular formula is C17H21N3O5. The van der Waals surface area contributed by atoms with Gasteiger partial charge >= 0.3 is 5.97 Å². The average Bonchev–Trinajstić information content (AvgIpc) is 2.66. The molecule has 2 aliphatic heterocycles. The molecule has 0 saturated carbocycles. The highest BCUT2D eigenvalue weighted by Gasteiger charge is 2.27. The molecule has 0 unspecified atom stereocenters. The molecule has 2 heterocycles. The quantitative estimate of drug-likeness (QED) is 0.666. The molecule has 1 saturated heterocycles. The molecular weight excluding hydrogens is 326 g/mol. The Kier molecular flexibility index (Phi) is 5.08. The number of carbonyl (C=O) groups is 2. The van der Waals surface area contributed by atoms with Gasteiger partial charge in [0.2, 0.25) is 0 Å². The molecule has 0 radical (unpaired) electrons. The van der Waals surface area contributed by atoms with Gasteiger partial charge < -0.3 is 30.1 Å². The number of methoxy groups -OCH3 is 1. The van der Waals surface area contributed by atoms with Crippen LogP contribution in [0.2, 0.25) is 0 Å². The number of esters is 1. The first kappa shape index (κ1) is 17.1. The smallest absolute Gasteiger partial charge is 0.325 e. The Hall–Kier alpha value is -2.74. The van der Waals surface area contributed by atoms with Gasteiger partial charge in [-0.3, -0.25) is 9.59 Å². The van der Waals surface area contributed by atoms with Crippen molar-refractivity contribution in [3.8, 4) is 0 Å². The highest BCUT2D eigenvalue weighted by atomic mass is 16.5. The number of rotatable bonds is 4. The molecule has 134 valence electrons. The largest absolute Gasteiger partial charge is 0.505 e. The van der Waals surface area contributed by atoms with Crippen molar-refractivity contribution in [1.82, 2.24) is 10.6 Å². The monoisotopic (exact) mass is 347 g/mol. The number of nitrogens with zero attached hydrogens (tertiary/aromatic N) is 1. The maximum absolute atomic E-state index is 12.2. The van der Waals surface area contributed by atoms with Gasteiger partial charge in [-0.05, 0) is 6.07 Å². The molecule has 1 fully saturated rings. The molecule has 8 nitrogen and oxygen atoms in total. The van der Waals surface area contributed by atoms with E-state index < -0.39 is 11.9 Å². The summed E-state index contributed by atoms with van der Waals surface area (Å²) in [6, 6.07) is 5.64. The van der Waals surface area contributed by atoms with Gasteiger partial charge in [-0.2, -0.15) is 0 Å². The Morgan fingerprint density at radius 3 is 2.84 bits per heavy atom. The van der Waals surface area contributed by atoms with Crippen molar-refractivity contribution in [3.63, 3.8) is 0 Å². The number of aliphatic hydroxyl groups excluding tert-OH is 1. The number of morpholine rings is 1. The Labute approximate surface area is 145 Å². The molecule has 2 aliphatic rings. The lowest BCUT2D eigenvalue weighted by Crippen LogP contribution is -2.39. The van der Waals surface area contributed by atoms with Crippen molar-refractivity contribution in [3.05, 3.63) is 35.0 Å². The van der Waals surface area contributed by atoms with Gasteiger partial charge in [-0.1, -0.05) is 12.1 Å². The third kappa shape index (κ3) is 3.53. The fourth-order valence-electron chi connectivity index (χ4n) is 2.98. The van der Waals surface area contributed by atoms with Gasteiger partial charge in [-0.25, -0.2) is 0 Å². The number of hydrogen-bond donors (Lipinski definition) is 3. The van der Waals surface area contributed by atoms with Crippen molar-refractivity contribution in [2.75, 3.05) is 44.9 Å². The summed E-state index contributed by atoms with van der Waals surface area (Å²) in [7, 11) is 1.24. The molecule has 0 aromatic heterocycles. The van der Waals surface area contributed by atoms with Crippen LogP contribution in [-0.2, 0) is 25.6 Å². The Morgan fingerprint density at radius 1 is 1.36 bits per heavy atom. The lowest BCUT2D eigenvalue weighted by Gasteiger charge is -2.33. The molecule has 0 spiro atoms. The minimum atomic E-state index is -0.556. The first-order chi connectivity index (χ1) is 12.1. The maximum Gasteiger partial charge on any atom is 0.325 e. The van der Waals surface area contributed by atoms with Gasteiger partial charge in [0.25, 0.3) is 5.91 Å². The fourth-order valence-corrected chi connectivity index (χ4v) is 2.98. The summed E-state index contributed by atoms with van der Waals surface area (Å²) < 4.78 is 9.87. The molecule has 0 aliphatic carbocycles. The average molecular weight is 347 g/mol. The van der Waals surface area contributed by atoms with Crippen LogP contribution < -0.4 is 15.5 Å². The predicted molar refractivity (Wildman–Crippen MR) is 90.9 cm³/mol. The van der Waals surface area contributed by atoms with Crippen LogP contribution in [0.15, 0.2) is 23.9 Å². The first-order valence-corrected chi connectivity index (χ1v) is 8.09. The van der Waals surface area contributed by atoms with Gasteiger partial charge in [0.15, 0.2) is 5.76 Å². The van der Waals surface area contributed by atoms with E-state index in [1.165, 1.54) is 7.11 Å². The molecule has 3 N–H and O–H groups in total. The number of nitrogens with one attached hydrogen (secondary N) is 2. The van der Waals surface area contributed by atoms with Gasteiger partial charge in [0.1, 0.15) is 12.2 Å². The van der Waals surface area contributed by atoms with Crippen LogP contribution in [0.4, 0.5) is 5.69 Å². The molecule has 0 bridgehead atoms. The third-order valence-corrected chi connectivity index (χ3v) is 4.28. The topological polar surface area (TPSA) is 100 Å². The Bertz CT molecular complexity index is 710. The van der Waals surface area contributed by atoms with Crippen molar-refractivity contribution >= 4 is 23.3 Å². The van der Waals surface area contributed by atoms with Crippen LogP contribution in [0.25, 0.3) is 5.76 Å². The van der Waals surface area contributed by atoms with E-state index in [1.54, 1.807) is 6.07 Å². The van der Waals surface area contributed by atoms with E-state index in [9.17, 15) is 14.7 Å². The lowest BCUT2D eigenvalue weighted by atomic mass is 9.98. The number of hydrogen-bond acceptors (Lipinski definition) is 7. The van der Waals surface area contributed by atoms with Gasteiger partial charge in [-0.15, -0.1) is 0 Å². The Balaban J connectivity index is 1.84. The number of fused-ring (bicyclic) bond motifs is 1. The van der Waals surface area contributed by atoms with Crippen LogP contribution in [-0.4, -0.2) is 56.9 Å². The number of benzene rings is 1. The number of carbonyl (C=O) groups excluding carboxylic acids is 2. The van der Waals surface area contributed by atoms with Crippen LogP contribution in [0.5, 0.6) is 0 Å². The van der Waals surface area contributed by atoms with Gasteiger partial charge in [0.05, 0.1) is 20.3 Å². The SMILES string of the molecule is COC(=O)CNC(=O)C1=C(O)c2cccc(N3CCOCC3)c2CN1. The highest BCUT2D eigenvalue weighted by Crippen LogP contribution is 2.32. The van der Waals surface area contributed by atoms with Crippen molar-refractivity contribution < 1.29 is 24.2 Å². The number of anilines is 1. The summed E-state index contributed by atoms with van der Waals surface area (Å²) in [6.07, 6.45) is 0. The normalized spacial score (nSPS) is 16.8. The summed E-state index contributed by atoms with van der Waals surface area (Å²) in [5, 5.41) is 15.9. The molecule has 1 amide bonds. The van der Waals surface area contributed by atoms with Crippen LogP contribution >= 0.6 is 0 Å². The Morgan fingerprint density at radius 2 is 2.12 bits per heavy atom. The molecule has 8 heteroatoms. The van der Waals surface area contributed by atoms with E-state index in [0.29, 0.717) is 25.3 Å². The summed E-state index contributed by atoms with van der Waals surface area (Å²) >= 11 is 0. The molecule has 25 heavy (non-hydrogen) atoms. The van der Waals surface area contributed by atoms with Crippen molar-refractivity contribution in [2.24, 2.45) is 0 Å². The lowest BCUT2D eigenvalue weighted by molar-refractivity contribution is -0.140. The number of aliphatic hydroxyl groups is 1. The zero-order chi connectivity index (χ0) is 17.8. The summed E-state index contributed by atoms with van der Waals surface area (Å²) in [5.74, 6) is -1.23. The molecule has 1 aromatic rings. The predicted octanol–water partition coefficient (Wildman–Crippen LogP) is 0.142. The van der Waals surface area contributed by atoms with Crippen molar-refractivity contribution in [2.45, 2.75) is 6.54 Å². The van der Waals surface area contributed by atoms with Crippen LogP contribution in [0, 0.1) is 0 Å². The molecule has 3 rings (SSSR count). The first-order valence-electron chi connectivity index (χ1n) is 8.09. The maximum atomic E-state index is 12.2.